The molecule has 0 radical (unpaired) electrons. The largest absolute Gasteiger partial charge is 0.491 e. The van der Waals surface area contributed by atoms with Gasteiger partial charge in [-0.3, -0.25) is 4.79 Å². The Balaban J connectivity index is 1.76. The van der Waals surface area contributed by atoms with Gasteiger partial charge in [0, 0.05) is 12.6 Å². The molecule has 0 fully saturated rings. The molecule has 0 aliphatic heterocycles. The fraction of sp³-hybridized carbons (Fsp3) is 0.294. The standard InChI is InChI=1S/C17H21N3O3/c1-2-22-15-9-5-11-19-17(15)20-16(21)10-6-12-23-14-8-4-3-7-13(14)18/h3-5,7-9,11H,2,6,10,12,18H2,1H3,(H,19,20,21). The number of pyridine rings is 1. The van der Waals surface area contributed by atoms with E-state index in [-0.39, 0.29) is 5.91 Å². The van der Waals surface area contributed by atoms with Gasteiger partial charge in [0.15, 0.2) is 11.6 Å². The van der Waals surface area contributed by atoms with E-state index in [1.54, 1.807) is 30.5 Å². The molecule has 0 saturated heterocycles. The summed E-state index contributed by atoms with van der Waals surface area (Å²) in [6.45, 7) is 2.81. The van der Waals surface area contributed by atoms with Crippen LogP contribution in [0.4, 0.5) is 11.5 Å². The highest BCUT2D eigenvalue weighted by Gasteiger charge is 2.08. The quantitative estimate of drug-likeness (QED) is 0.578. The molecule has 0 atom stereocenters. The summed E-state index contributed by atoms with van der Waals surface area (Å²) in [6, 6.07) is 10.8. The van der Waals surface area contributed by atoms with Crippen LogP contribution in [0.25, 0.3) is 0 Å². The van der Waals surface area contributed by atoms with Crippen LogP contribution in [0.1, 0.15) is 19.8 Å². The Morgan fingerprint density at radius 2 is 1.96 bits per heavy atom. The van der Waals surface area contributed by atoms with Gasteiger partial charge >= 0.3 is 0 Å². The number of nitrogens with zero attached hydrogens (tertiary/aromatic N) is 1. The van der Waals surface area contributed by atoms with Crippen molar-refractivity contribution < 1.29 is 14.3 Å². The second-order valence-corrected chi connectivity index (χ2v) is 4.82. The molecule has 2 rings (SSSR count). The van der Waals surface area contributed by atoms with Crippen molar-refractivity contribution in [3.8, 4) is 11.5 Å². The summed E-state index contributed by atoms with van der Waals surface area (Å²) >= 11 is 0. The zero-order chi connectivity index (χ0) is 16.5. The van der Waals surface area contributed by atoms with E-state index in [4.69, 9.17) is 15.2 Å². The fourth-order valence-electron chi connectivity index (χ4n) is 1.98. The number of benzene rings is 1. The maximum atomic E-state index is 12.0. The maximum Gasteiger partial charge on any atom is 0.225 e. The van der Waals surface area contributed by atoms with Crippen molar-refractivity contribution in [2.45, 2.75) is 19.8 Å². The summed E-state index contributed by atoms with van der Waals surface area (Å²) in [5.74, 6) is 1.51. The lowest BCUT2D eigenvalue weighted by Gasteiger charge is -2.10. The molecule has 122 valence electrons. The van der Waals surface area contributed by atoms with Crippen molar-refractivity contribution in [3.05, 3.63) is 42.6 Å². The molecule has 1 amide bonds. The monoisotopic (exact) mass is 315 g/mol. The van der Waals surface area contributed by atoms with Crippen LogP contribution in [0, 0.1) is 0 Å². The number of anilines is 2. The van der Waals surface area contributed by atoms with E-state index in [2.05, 4.69) is 10.3 Å². The van der Waals surface area contributed by atoms with Crippen LogP contribution in [-0.2, 0) is 4.79 Å². The molecular weight excluding hydrogens is 294 g/mol. The first kappa shape index (κ1) is 16.6. The van der Waals surface area contributed by atoms with Crippen molar-refractivity contribution in [1.82, 2.24) is 4.98 Å². The molecule has 0 aliphatic carbocycles. The molecule has 2 aromatic rings. The van der Waals surface area contributed by atoms with Crippen molar-refractivity contribution in [2.24, 2.45) is 0 Å². The predicted molar refractivity (Wildman–Crippen MR) is 89.6 cm³/mol. The molecule has 23 heavy (non-hydrogen) atoms. The molecular formula is C17H21N3O3. The summed E-state index contributed by atoms with van der Waals surface area (Å²) in [4.78, 5) is 16.1. The van der Waals surface area contributed by atoms with E-state index in [1.165, 1.54) is 0 Å². The number of para-hydroxylation sites is 2. The maximum absolute atomic E-state index is 12.0. The number of aromatic nitrogens is 1. The molecule has 0 unspecified atom stereocenters. The lowest BCUT2D eigenvalue weighted by Crippen LogP contribution is -2.14. The minimum atomic E-state index is -0.130. The number of nitrogens with one attached hydrogen (secondary N) is 1. The van der Waals surface area contributed by atoms with Crippen molar-refractivity contribution in [1.29, 1.82) is 0 Å². The average Bonchev–Trinajstić information content (AvgIpc) is 2.55. The molecule has 6 heteroatoms. The molecule has 6 nitrogen and oxygen atoms in total. The molecule has 0 aliphatic rings. The van der Waals surface area contributed by atoms with Crippen LogP contribution in [0.2, 0.25) is 0 Å². The Hall–Kier alpha value is -2.76. The van der Waals surface area contributed by atoms with Crippen molar-refractivity contribution in [3.63, 3.8) is 0 Å². The number of hydrogen-bond acceptors (Lipinski definition) is 5. The van der Waals surface area contributed by atoms with Gasteiger partial charge in [-0.05, 0) is 37.6 Å². The summed E-state index contributed by atoms with van der Waals surface area (Å²) in [6.07, 6.45) is 2.52. The Labute approximate surface area is 135 Å². The first-order valence-corrected chi connectivity index (χ1v) is 7.55. The highest BCUT2D eigenvalue weighted by atomic mass is 16.5. The van der Waals surface area contributed by atoms with Gasteiger partial charge in [0.25, 0.3) is 0 Å². The van der Waals surface area contributed by atoms with Crippen LogP contribution in [0.5, 0.6) is 11.5 Å². The topological polar surface area (TPSA) is 86.5 Å². The molecule has 0 saturated carbocycles. The number of nitrogen functional groups attached to an aromatic ring is 1. The highest BCUT2D eigenvalue weighted by Crippen LogP contribution is 2.21. The van der Waals surface area contributed by atoms with Gasteiger partial charge in [0.1, 0.15) is 5.75 Å². The normalized spacial score (nSPS) is 10.1. The Kier molecular flexibility index (Phi) is 6.23. The molecule has 1 aromatic heterocycles. The Bertz CT molecular complexity index is 646. The van der Waals surface area contributed by atoms with E-state index in [0.29, 0.717) is 49.1 Å². The second-order valence-electron chi connectivity index (χ2n) is 4.82. The molecule has 0 spiro atoms. The van der Waals surface area contributed by atoms with Crippen molar-refractivity contribution in [2.75, 3.05) is 24.3 Å². The van der Waals surface area contributed by atoms with Gasteiger partial charge in [-0.15, -0.1) is 0 Å². The van der Waals surface area contributed by atoms with E-state index >= 15 is 0 Å². The van der Waals surface area contributed by atoms with Crippen LogP contribution in [0.3, 0.4) is 0 Å². The third-order valence-corrected chi connectivity index (χ3v) is 3.05. The number of amides is 1. The third-order valence-electron chi connectivity index (χ3n) is 3.05. The smallest absolute Gasteiger partial charge is 0.225 e. The summed E-state index contributed by atoms with van der Waals surface area (Å²) in [7, 11) is 0. The molecule has 1 heterocycles. The number of rotatable bonds is 8. The molecule has 0 bridgehead atoms. The van der Waals surface area contributed by atoms with Crippen molar-refractivity contribution >= 4 is 17.4 Å². The average molecular weight is 315 g/mol. The van der Waals surface area contributed by atoms with Crippen LogP contribution in [-0.4, -0.2) is 24.1 Å². The van der Waals surface area contributed by atoms with Crippen LogP contribution >= 0.6 is 0 Å². The Morgan fingerprint density at radius 1 is 1.17 bits per heavy atom. The van der Waals surface area contributed by atoms with E-state index < -0.39 is 0 Å². The number of ether oxygens (including phenoxy) is 2. The number of carbonyl (C=O) groups excluding carboxylic acids is 1. The minimum Gasteiger partial charge on any atom is -0.491 e. The summed E-state index contributed by atoms with van der Waals surface area (Å²) in [5.41, 5.74) is 6.37. The van der Waals surface area contributed by atoms with Crippen LogP contribution < -0.4 is 20.5 Å². The van der Waals surface area contributed by atoms with Gasteiger partial charge in [-0.25, -0.2) is 4.98 Å². The summed E-state index contributed by atoms with van der Waals surface area (Å²) < 4.78 is 11.0. The zero-order valence-corrected chi connectivity index (χ0v) is 13.1. The number of carbonyl (C=O) groups is 1. The molecule has 3 N–H and O–H groups in total. The van der Waals surface area contributed by atoms with Gasteiger partial charge in [-0.1, -0.05) is 12.1 Å². The van der Waals surface area contributed by atoms with Crippen LogP contribution in [0.15, 0.2) is 42.6 Å². The third kappa shape index (κ3) is 5.18. The zero-order valence-electron chi connectivity index (χ0n) is 13.1. The SMILES string of the molecule is CCOc1cccnc1NC(=O)CCCOc1ccccc1N. The van der Waals surface area contributed by atoms with E-state index in [0.717, 1.165) is 0 Å². The van der Waals surface area contributed by atoms with Gasteiger partial charge in [0.2, 0.25) is 5.91 Å². The minimum absolute atomic E-state index is 0.130. The first-order chi connectivity index (χ1) is 11.2. The molecule has 1 aromatic carbocycles. The predicted octanol–water partition coefficient (Wildman–Crippen LogP) is 2.86. The Morgan fingerprint density at radius 3 is 2.74 bits per heavy atom. The van der Waals surface area contributed by atoms with Gasteiger partial charge in [-0.2, -0.15) is 0 Å². The highest BCUT2D eigenvalue weighted by molar-refractivity contribution is 5.91. The lowest BCUT2D eigenvalue weighted by molar-refractivity contribution is -0.116. The summed E-state index contributed by atoms with van der Waals surface area (Å²) in [5, 5.41) is 2.75. The number of hydrogen-bond donors (Lipinski definition) is 2. The second kappa shape index (κ2) is 8.63. The van der Waals surface area contributed by atoms with E-state index in [1.807, 2.05) is 19.1 Å². The lowest BCUT2D eigenvalue weighted by atomic mass is 10.3. The fourth-order valence-corrected chi connectivity index (χ4v) is 1.98. The van der Waals surface area contributed by atoms with E-state index in [9.17, 15) is 4.79 Å². The number of nitrogens with two attached hydrogens (primary N) is 1. The first-order valence-electron chi connectivity index (χ1n) is 7.55. The van der Waals surface area contributed by atoms with Gasteiger partial charge in [0.05, 0.1) is 18.9 Å². The van der Waals surface area contributed by atoms with Gasteiger partial charge < -0.3 is 20.5 Å².